The van der Waals surface area contributed by atoms with E-state index < -0.39 is 0 Å². The molecule has 1 unspecified atom stereocenters. The quantitative estimate of drug-likeness (QED) is 0.874. The van der Waals surface area contributed by atoms with Crippen molar-refractivity contribution in [3.8, 4) is 0 Å². The molecule has 1 saturated heterocycles. The molecule has 2 rings (SSSR count). The van der Waals surface area contributed by atoms with E-state index in [-0.39, 0.29) is 36.8 Å². The molecule has 0 spiro atoms. The third-order valence-electron chi connectivity index (χ3n) is 2.72. The first-order valence-electron chi connectivity index (χ1n) is 5.72. The zero-order valence-corrected chi connectivity index (χ0v) is 13.1. The van der Waals surface area contributed by atoms with E-state index in [1.54, 1.807) is 16.8 Å². The highest BCUT2D eigenvalue weighted by atomic mass is 35.5. The van der Waals surface area contributed by atoms with Gasteiger partial charge in [0.25, 0.3) is 0 Å². The number of aromatic nitrogens is 1. The number of nitrogens with one attached hydrogen (secondary N) is 2. The maximum absolute atomic E-state index is 11.7. The molecule has 0 saturated carbocycles. The molecule has 0 bridgehead atoms. The minimum Gasteiger partial charge on any atom is -0.378 e. The Morgan fingerprint density at radius 3 is 3.00 bits per heavy atom. The zero-order chi connectivity index (χ0) is 12.1. The summed E-state index contributed by atoms with van der Waals surface area (Å²) < 4.78 is 5.30. The monoisotopic (exact) mass is 327 g/mol. The van der Waals surface area contributed by atoms with E-state index in [1.807, 2.05) is 6.92 Å². The molecule has 19 heavy (non-hydrogen) atoms. The largest absolute Gasteiger partial charge is 0.378 e. The van der Waals surface area contributed by atoms with Crippen LogP contribution in [0.4, 0.5) is 0 Å². The Bertz CT molecular complexity index is 384. The zero-order valence-electron chi connectivity index (χ0n) is 10.7. The van der Waals surface area contributed by atoms with Crippen LogP contribution < -0.4 is 10.6 Å². The molecule has 1 fully saturated rings. The second-order valence-corrected chi connectivity index (χ2v) is 5.01. The second kappa shape index (κ2) is 9.50. The highest BCUT2D eigenvalue weighted by molar-refractivity contribution is 7.09. The fourth-order valence-electron chi connectivity index (χ4n) is 1.72. The predicted octanol–water partition coefficient (Wildman–Crippen LogP) is 1.29. The highest BCUT2D eigenvalue weighted by Crippen LogP contribution is 2.11. The fraction of sp³-hybridized carbons (Fsp3) is 0.636. The summed E-state index contributed by atoms with van der Waals surface area (Å²) in [5.74, 6) is 0.0563. The van der Waals surface area contributed by atoms with Crippen LogP contribution in [0.2, 0.25) is 0 Å². The lowest BCUT2D eigenvalue weighted by atomic mass is 10.2. The van der Waals surface area contributed by atoms with Gasteiger partial charge in [0.05, 0.1) is 31.0 Å². The predicted molar refractivity (Wildman–Crippen MR) is 80.4 cm³/mol. The molecule has 5 nitrogen and oxygen atoms in total. The molecule has 110 valence electrons. The van der Waals surface area contributed by atoms with Crippen molar-refractivity contribution < 1.29 is 9.53 Å². The first-order chi connectivity index (χ1) is 8.25. The molecule has 1 aliphatic heterocycles. The first-order valence-corrected chi connectivity index (χ1v) is 6.60. The lowest BCUT2D eigenvalue weighted by Gasteiger charge is -2.23. The highest BCUT2D eigenvalue weighted by Gasteiger charge is 2.16. The van der Waals surface area contributed by atoms with Gasteiger partial charge in [0.15, 0.2) is 0 Å². The molecule has 1 amide bonds. The Hall–Kier alpha value is -0.400. The molecule has 0 radical (unpaired) electrons. The number of carbonyl (C=O) groups is 1. The number of hydrogen-bond donors (Lipinski definition) is 2. The summed E-state index contributed by atoms with van der Waals surface area (Å²) in [5, 5.41) is 6.17. The van der Waals surface area contributed by atoms with Gasteiger partial charge in [-0.15, -0.1) is 36.2 Å². The Morgan fingerprint density at radius 1 is 1.63 bits per heavy atom. The summed E-state index contributed by atoms with van der Waals surface area (Å²) in [6.07, 6.45) is 0.470. The van der Waals surface area contributed by atoms with Crippen molar-refractivity contribution in [2.24, 2.45) is 0 Å². The van der Waals surface area contributed by atoms with Crippen molar-refractivity contribution in [3.05, 3.63) is 16.1 Å². The van der Waals surface area contributed by atoms with Crippen molar-refractivity contribution >= 4 is 42.1 Å². The molecular weight excluding hydrogens is 309 g/mol. The SMILES string of the molecule is Cc1ncsc1CNC(=O)CC1COCCN1.Cl.Cl. The molecule has 2 N–H and O–H groups in total. The molecule has 1 aromatic rings. The van der Waals surface area contributed by atoms with Gasteiger partial charge in [-0.1, -0.05) is 0 Å². The summed E-state index contributed by atoms with van der Waals surface area (Å²) in [6.45, 7) is 4.70. The van der Waals surface area contributed by atoms with Crippen molar-refractivity contribution in [3.63, 3.8) is 0 Å². The standard InChI is InChI=1S/C11H17N3O2S.2ClH/c1-8-10(17-7-14-8)5-13-11(15)4-9-6-16-3-2-12-9;;/h7,9,12H,2-6H2,1H3,(H,13,15);2*1H. The van der Waals surface area contributed by atoms with Gasteiger partial charge in [-0.25, -0.2) is 4.98 Å². The normalized spacial score (nSPS) is 18.1. The molecule has 1 atom stereocenters. The molecule has 8 heteroatoms. The number of morpholine rings is 1. The van der Waals surface area contributed by atoms with Crippen molar-refractivity contribution in [1.29, 1.82) is 0 Å². The van der Waals surface area contributed by atoms with Crippen LogP contribution in [0.3, 0.4) is 0 Å². The number of nitrogens with zero attached hydrogens (tertiary/aromatic N) is 1. The van der Waals surface area contributed by atoms with Gasteiger partial charge in [-0.05, 0) is 6.92 Å². The number of aryl methyl sites for hydroxylation is 1. The van der Waals surface area contributed by atoms with Crippen LogP contribution >= 0.6 is 36.2 Å². The molecule has 1 aromatic heterocycles. The van der Waals surface area contributed by atoms with Gasteiger partial charge in [-0.3, -0.25) is 4.79 Å². The lowest BCUT2D eigenvalue weighted by Crippen LogP contribution is -2.44. The molecule has 2 heterocycles. The van der Waals surface area contributed by atoms with Gasteiger partial charge >= 0.3 is 0 Å². The van der Waals surface area contributed by atoms with Crippen molar-refractivity contribution in [1.82, 2.24) is 15.6 Å². The molecule has 0 aromatic carbocycles. The van der Waals surface area contributed by atoms with Gasteiger partial charge in [0, 0.05) is 23.9 Å². The Morgan fingerprint density at radius 2 is 2.42 bits per heavy atom. The van der Waals surface area contributed by atoms with E-state index >= 15 is 0 Å². The topological polar surface area (TPSA) is 63.2 Å². The number of thiazole rings is 1. The Labute approximate surface area is 129 Å². The van der Waals surface area contributed by atoms with Crippen LogP contribution in [0.25, 0.3) is 0 Å². The van der Waals surface area contributed by atoms with Crippen LogP contribution in [0.1, 0.15) is 17.0 Å². The summed E-state index contributed by atoms with van der Waals surface area (Å²) in [5.41, 5.74) is 2.79. The maximum Gasteiger partial charge on any atom is 0.221 e. The van der Waals surface area contributed by atoms with Crippen LogP contribution in [0, 0.1) is 6.92 Å². The summed E-state index contributed by atoms with van der Waals surface area (Å²) >= 11 is 1.57. The molecule has 0 aliphatic carbocycles. The van der Waals surface area contributed by atoms with Gasteiger partial charge < -0.3 is 15.4 Å². The number of ether oxygens (including phenoxy) is 1. The van der Waals surface area contributed by atoms with Crippen molar-refractivity contribution in [2.75, 3.05) is 19.8 Å². The van der Waals surface area contributed by atoms with E-state index in [0.717, 1.165) is 23.7 Å². The van der Waals surface area contributed by atoms with Crippen LogP contribution in [0.5, 0.6) is 0 Å². The van der Waals surface area contributed by atoms with E-state index in [2.05, 4.69) is 15.6 Å². The van der Waals surface area contributed by atoms with E-state index in [4.69, 9.17) is 4.74 Å². The Kier molecular flexibility index (Phi) is 9.30. The molecule has 1 aliphatic rings. The van der Waals surface area contributed by atoms with Crippen LogP contribution in [0.15, 0.2) is 5.51 Å². The van der Waals surface area contributed by atoms with E-state index in [1.165, 1.54) is 0 Å². The number of amides is 1. The fourth-order valence-corrected chi connectivity index (χ4v) is 2.44. The van der Waals surface area contributed by atoms with Gasteiger partial charge in [0.2, 0.25) is 5.91 Å². The average Bonchev–Trinajstić information content (AvgIpc) is 2.74. The summed E-state index contributed by atoms with van der Waals surface area (Å²) in [6, 6.07) is 0.145. The lowest BCUT2D eigenvalue weighted by molar-refractivity contribution is -0.122. The van der Waals surface area contributed by atoms with Crippen LogP contribution in [-0.4, -0.2) is 36.7 Å². The average molecular weight is 328 g/mol. The summed E-state index contributed by atoms with van der Waals surface area (Å²) in [7, 11) is 0. The second-order valence-electron chi connectivity index (χ2n) is 4.07. The van der Waals surface area contributed by atoms with E-state index in [0.29, 0.717) is 19.6 Å². The van der Waals surface area contributed by atoms with E-state index in [9.17, 15) is 4.79 Å². The third-order valence-corrected chi connectivity index (χ3v) is 3.66. The number of rotatable bonds is 4. The van der Waals surface area contributed by atoms with Gasteiger partial charge in [0.1, 0.15) is 0 Å². The smallest absolute Gasteiger partial charge is 0.221 e. The minimum atomic E-state index is 0. The minimum absolute atomic E-state index is 0. The third kappa shape index (κ3) is 6.05. The maximum atomic E-state index is 11.7. The number of carbonyl (C=O) groups excluding carboxylic acids is 1. The summed E-state index contributed by atoms with van der Waals surface area (Å²) in [4.78, 5) is 17.0. The van der Waals surface area contributed by atoms with Crippen LogP contribution in [-0.2, 0) is 16.1 Å². The van der Waals surface area contributed by atoms with Crippen molar-refractivity contribution in [2.45, 2.75) is 25.9 Å². The Balaban J connectivity index is 0.00000162. The first kappa shape index (κ1) is 18.6. The molecular formula is C11H19Cl2N3O2S. The number of halogens is 2. The number of hydrogen-bond acceptors (Lipinski definition) is 5. The van der Waals surface area contributed by atoms with Gasteiger partial charge in [-0.2, -0.15) is 0 Å².